The molecule has 25 heavy (non-hydrogen) atoms. The first-order chi connectivity index (χ1) is 11.8. The van der Waals surface area contributed by atoms with Gasteiger partial charge in [0.25, 0.3) is 0 Å². The molecule has 4 bridgehead atoms. The van der Waals surface area contributed by atoms with Gasteiger partial charge in [-0.05, 0) is 56.3 Å². The molecule has 0 saturated heterocycles. The molecule has 4 aliphatic rings. The van der Waals surface area contributed by atoms with Gasteiger partial charge >= 0.3 is 12.0 Å². The number of aliphatic carboxylic acids is 1. The smallest absolute Gasteiger partial charge is 0.315 e. The maximum absolute atomic E-state index is 12.3. The van der Waals surface area contributed by atoms with Crippen molar-refractivity contribution in [2.24, 2.45) is 17.8 Å². The van der Waals surface area contributed by atoms with E-state index in [9.17, 15) is 14.4 Å². The molecule has 4 fully saturated rings. The molecule has 0 aliphatic heterocycles. The number of carboxylic acids is 1. The number of amides is 3. The van der Waals surface area contributed by atoms with Crippen LogP contribution in [0.5, 0.6) is 0 Å². The second-order valence-corrected chi connectivity index (χ2v) is 8.29. The van der Waals surface area contributed by atoms with E-state index in [2.05, 4.69) is 10.6 Å². The van der Waals surface area contributed by atoms with Crippen molar-refractivity contribution >= 4 is 17.9 Å². The van der Waals surface area contributed by atoms with Gasteiger partial charge in [-0.3, -0.25) is 9.59 Å². The molecule has 0 aromatic rings. The summed E-state index contributed by atoms with van der Waals surface area (Å²) in [6, 6.07) is -0.178. The zero-order valence-electron chi connectivity index (χ0n) is 14.9. The van der Waals surface area contributed by atoms with Crippen LogP contribution in [0.1, 0.15) is 51.4 Å². The number of nitrogens with zero attached hydrogens (tertiary/aromatic N) is 1. The molecule has 7 nitrogen and oxygen atoms in total. The van der Waals surface area contributed by atoms with E-state index in [1.807, 2.05) is 0 Å². The first kappa shape index (κ1) is 18.0. The van der Waals surface area contributed by atoms with Crippen molar-refractivity contribution in [2.75, 3.05) is 20.1 Å². The highest BCUT2D eigenvalue weighted by molar-refractivity contribution is 5.79. The summed E-state index contributed by atoms with van der Waals surface area (Å²) in [6.07, 6.45) is 7.42. The highest BCUT2D eigenvalue weighted by Gasteiger charge is 2.51. The van der Waals surface area contributed by atoms with Crippen molar-refractivity contribution in [2.45, 2.75) is 56.9 Å². The van der Waals surface area contributed by atoms with Crippen LogP contribution in [0.15, 0.2) is 0 Å². The summed E-state index contributed by atoms with van der Waals surface area (Å²) in [5.41, 5.74) is -0.0267. The zero-order valence-corrected chi connectivity index (χ0v) is 14.9. The summed E-state index contributed by atoms with van der Waals surface area (Å²) in [5, 5.41) is 14.6. The molecule has 0 heterocycles. The molecule has 4 aliphatic carbocycles. The molecule has 0 aromatic carbocycles. The van der Waals surface area contributed by atoms with Crippen LogP contribution < -0.4 is 10.6 Å². The zero-order chi connectivity index (χ0) is 18.0. The monoisotopic (exact) mass is 351 g/mol. The van der Waals surface area contributed by atoms with Crippen LogP contribution in [0.3, 0.4) is 0 Å². The Morgan fingerprint density at radius 1 is 1.04 bits per heavy atom. The van der Waals surface area contributed by atoms with Gasteiger partial charge in [0, 0.05) is 32.1 Å². The molecule has 3 amide bonds. The normalized spacial score (nSPS) is 32.3. The van der Waals surface area contributed by atoms with Crippen LogP contribution in [0.4, 0.5) is 4.79 Å². The number of rotatable bonds is 7. The van der Waals surface area contributed by atoms with E-state index in [-0.39, 0.29) is 43.4 Å². The lowest BCUT2D eigenvalue weighted by atomic mass is 9.53. The minimum Gasteiger partial charge on any atom is -0.481 e. The van der Waals surface area contributed by atoms with Crippen LogP contribution in [0.2, 0.25) is 0 Å². The summed E-state index contributed by atoms with van der Waals surface area (Å²) in [6.45, 7) is 0.460. The van der Waals surface area contributed by atoms with Crippen molar-refractivity contribution in [3.63, 3.8) is 0 Å². The Morgan fingerprint density at radius 3 is 2.12 bits per heavy atom. The predicted octanol–water partition coefficient (Wildman–Crippen LogP) is 1.58. The van der Waals surface area contributed by atoms with E-state index < -0.39 is 5.97 Å². The van der Waals surface area contributed by atoms with Gasteiger partial charge in [-0.25, -0.2) is 4.79 Å². The van der Waals surface area contributed by atoms with E-state index in [0.29, 0.717) is 0 Å². The van der Waals surface area contributed by atoms with E-state index in [1.54, 1.807) is 7.05 Å². The van der Waals surface area contributed by atoms with Gasteiger partial charge in [0.2, 0.25) is 5.91 Å². The number of carbonyl (C=O) groups is 3. The number of carboxylic acid groups (broad SMARTS) is 1. The minimum absolute atomic E-state index is 0.0267. The number of hydrogen-bond donors (Lipinski definition) is 3. The van der Waals surface area contributed by atoms with Crippen molar-refractivity contribution in [3.05, 3.63) is 0 Å². The van der Waals surface area contributed by atoms with Gasteiger partial charge < -0.3 is 20.6 Å². The molecule has 140 valence electrons. The Balaban J connectivity index is 1.39. The SMILES string of the molecule is CN(CCC(=O)O)C(=O)CCNC(=O)NC12CC3CC(CC(C3)C1)C2. The Kier molecular flexibility index (Phi) is 5.20. The van der Waals surface area contributed by atoms with Crippen molar-refractivity contribution in [1.29, 1.82) is 0 Å². The van der Waals surface area contributed by atoms with Gasteiger partial charge in [-0.1, -0.05) is 0 Å². The fourth-order valence-corrected chi connectivity index (χ4v) is 5.41. The van der Waals surface area contributed by atoms with Crippen LogP contribution in [0, 0.1) is 17.8 Å². The lowest BCUT2D eigenvalue weighted by Crippen LogP contribution is -2.61. The maximum Gasteiger partial charge on any atom is 0.315 e. The van der Waals surface area contributed by atoms with Crippen molar-refractivity contribution < 1.29 is 19.5 Å². The van der Waals surface area contributed by atoms with Gasteiger partial charge in [-0.15, -0.1) is 0 Å². The van der Waals surface area contributed by atoms with Crippen LogP contribution in [-0.4, -0.2) is 53.6 Å². The minimum atomic E-state index is -0.923. The van der Waals surface area contributed by atoms with Crippen LogP contribution in [-0.2, 0) is 9.59 Å². The molecule has 7 heteroatoms. The first-order valence-electron chi connectivity index (χ1n) is 9.37. The molecule has 0 spiro atoms. The van der Waals surface area contributed by atoms with Gasteiger partial charge in [0.15, 0.2) is 0 Å². The molecule has 0 radical (unpaired) electrons. The predicted molar refractivity (Wildman–Crippen MR) is 91.9 cm³/mol. The van der Waals surface area contributed by atoms with E-state index in [0.717, 1.165) is 37.0 Å². The highest BCUT2D eigenvalue weighted by atomic mass is 16.4. The molecule has 3 N–H and O–H groups in total. The summed E-state index contributed by atoms with van der Waals surface area (Å²) >= 11 is 0. The molecular formula is C18H29N3O4. The van der Waals surface area contributed by atoms with E-state index in [1.165, 1.54) is 24.2 Å². The Labute approximate surface area is 148 Å². The average Bonchev–Trinajstić information content (AvgIpc) is 2.50. The highest BCUT2D eigenvalue weighted by Crippen LogP contribution is 2.55. The average molecular weight is 351 g/mol. The molecule has 0 atom stereocenters. The number of hydrogen-bond acceptors (Lipinski definition) is 3. The topological polar surface area (TPSA) is 98.7 Å². The third-order valence-corrected chi connectivity index (χ3v) is 6.13. The summed E-state index contributed by atoms with van der Waals surface area (Å²) in [5.74, 6) is 1.24. The fraction of sp³-hybridized carbons (Fsp3) is 0.833. The van der Waals surface area contributed by atoms with E-state index in [4.69, 9.17) is 5.11 Å². The Morgan fingerprint density at radius 2 is 1.60 bits per heavy atom. The lowest BCUT2D eigenvalue weighted by Gasteiger charge is -2.56. The molecule has 0 aromatic heterocycles. The van der Waals surface area contributed by atoms with Gasteiger partial charge in [0.05, 0.1) is 6.42 Å². The molecule has 0 unspecified atom stereocenters. The second kappa shape index (κ2) is 7.22. The Bertz CT molecular complexity index is 513. The maximum atomic E-state index is 12.3. The molecular weight excluding hydrogens is 322 g/mol. The first-order valence-corrected chi connectivity index (χ1v) is 9.37. The van der Waals surface area contributed by atoms with Crippen molar-refractivity contribution in [3.8, 4) is 0 Å². The van der Waals surface area contributed by atoms with Gasteiger partial charge in [0.1, 0.15) is 0 Å². The summed E-state index contributed by atoms with van der Waals surface area (Å²) < 4.78 is 0. The van der Waals surface area contributed by atoms with Crippen LogP contribution in [0.25, 0.3) is 0 Å². The van der Waals surface area contributed by atoms with Crippen LogP contribution >= 0.6 is 0 Å². The number of nitrogens with one attached hydrogen (secondary N) is 2. The quantitative estimate of drug-likeness (QED) is 0.648. The summed E-state index contributed by atoms with van der Waals surface area (Å²) in [7, 11) is 1.58. The second-order valence-electron chi connectivity index (χ2n) is 8.29. The third kappa shape index (κ3) is 4.44. The summed E-state index contributed by atoms with van der Waals surface area (Å²) in [4.78, 5) is 36.1. The van der Waals surface area contributed by atoms with E-state index >= 15 is 0 Å². The standard InChI is InChI=1S/C18H29N3O4/c1-21(5-3-16(23)24)15(22)2-4-19-17(25)20-18-9-12-6-13(10-18)8-14(7-12)11-18/h12-14H,2-11H2,1H3,(H,23,24)(H2,19,20,25). The molecule has 4 saturated carbocycles. The number of urea groups is 1. The lowest BCUT2D eigenvalue weighted by molar-refractivity contribution is -0.138. The van der Waals surface area contributed by atoms with Gasteiger partial charge in [-0.2, -0.15) is 0 Å². The Hall–Kier alpha value is -1.79. The fourth-order valence-electron chi connectivity index (χ4n) is 5.41. The molecule has 4 rings (SSSR count). The largest absolute Gasteiger partial charge is 0.481 e. The van der Waals surface area contributed by atoms with Crippen molar-refractivity contribution in [1.82, 2.24) is 15.5 Å². The number of carbonyl (C=O) groups excluding carboxylic acids is 2. The third-order valence-electron chi connectivity index (χ3n) is 6.13.